The fourth-order valence-electron chi connectivity index (χ4n) is 2.86. The van der Waals surface area contributed by atoms with Crippen molar-refractivity contribution in [3.63, 3.8) is 0 Å². The van der Waals surface area contributed by atoms with Gasteiger partial charge in [-0.2, -0.15) is 10.5 Å². The van der Waals surface area contributed by atoms with Gasteiger partial charge < -0.3 is 20.2 Å². The van der Waals surface area contributed by atoms with Crippen molar-refractivity contribution in [1.82, 2.24) is 4.98 Å². The van der Waals surface area contributed by atoms with E-state index in [1.807, 2.05) is 36.4 Å². The summed E-state index contributed by atoms with van der Waals surface area (Å²) in [7, 11) is 1.57. The summed E-state index contributed by atoms with van der Waals surface area (Å²) in [6.07, 6.45) is 0. The zero-order chi connectivity index (χ0) is 21.0. The lowest BCUT2D eigenvalue weighted by molar-refractivity contribution is 0.306. The van der Waals surface area contributed by atoms with Crippen LogP contribution in [0.5, 0.6) is 11.5 Å². The van der Waals surface area contributed by atoms with Crippen LogP contribution in [-0.2, 0) is 6.61 Å². The van der Waals surface area contributed by atoms with Gasteiger partial charge >= 0.3 is 0 Å². The van der Waals surface area contributed by atoms with E-state index in [9.17, 15) is 15.3 Å². The van der Waals surface area contributed by atoms with Crippen LogP contribution in [0.3, 0.4) is 0 Å². The smallest absolute Gasteiger partial charge is 0.268 e. The molecule has 0 unspecified atom stereocenters. The minimum atomic E-state index is -0.697. The Hall–Kier alpha value is -3.94. The molecule has 0 spiro atoms. The van der Waals surface area contributed by atoms with Crippen molar-refractivity contribution in [2.24, 2.45) is 0 Å². The van der Waals surface area contributed by atoms with Crippen LogP contribution in [0.4, 0.5) is 5.82 Å². The number of pyridine rings is 1. The minimum Gasteiger partial charge on any atom is -0.497 e. The first-order valence-corrected chi connectivity index (χ1v) is 8.78. The number of benzene rings is 2. The standard InChI is InChI=1S/C21H15ClN4O3/c1-28-14-4-2-3-12(7-14)11-29-18-6-5-13(22)8-15(18)19-16(9-23)20(25)26-21(27)17(19)10-24/h2-8H,11H2,1H3,(H3,25,26,27). The highest BCUT2D eigenvalue weighted by molar-refractivity contribution is 6.31. The lowest BCUT2D eigenvalue weighted by Gasteiger charge is -2.15. The number of rotatable bonds is 5. The van der Waals surface area contributed by atoms with Crippen LogP contribution in [0.15, 0.2) is 47.3 Å². The SMILES string of the molecule is COc1cccc(COc2ccc(Cl)cc2-c2c(C#N)c(N)[nH]c(=O)c2C#N)c1. The van der Waals surface area contributed by atoms with Crippen molar-refractivity contribution >= 4 is 17.4 Å². The van der Waals surface area contributed by atoms with Crippen LogP contribution in [0.2, 0.25) is 5.02 Å². The van der Waals surface area contributed by atoms with E-state index < -0.39 is 5.56 Å². The number of hydrogen-bond acceptors (Lipinski definition) is 6. The summed E-state index contributed by atoms with van der Waals surface area (Å²) in [5.41, 5.74) is 6.08. The molecule has 8 heteroatoms. The number of ether oxygens (including phenoxy) is 2. The van der Waals surface area contributed by atoms with Gasteiger partial charge in [-0.1, -0.05) is 23.7 Å². The lowest BCUT2D eigenvalue weighted by atomic mass is 9.96. The number of halogens is 1. The summed E-state index contributed by atoms with van der Waals surface area (Å²) >= 11 is 6.14. The molecule has 144 valence electrons. The fraction of sp³-hybridized carbons (Fsp3) is 0.0952. The number of hydrogen-bond donors (Lipinski definition) is 2. The molecule has 0 saturated heterocycles. The molecule has 0 radical (unpaired) electrons. The van der Waals surface area contributed by atoms with E-state index in [1.165, 1.54) is 6.07 Å². The zero-order valence-electron chi connectivity index (χ0n) is 15.3. The van der Waals surface area contributed by atoms with Crippen molar-refractivity contribution in [3.8, 4) is 34.8 Å². The fourth-order valence-corrected chi connectivity index (χ4v) is 3.03. The summed E-state index contributed by atoms with van der Waals surface area (Å²) in [5.74, 6) is 0.892. The van der Waals surface area contributed by atoms with Crippen molar-refractivity contribution in [2.75, 3.05) is 12.8 Å². The molecule has 0 aliphatic carbocycles. The van der Waals surface area contributed by atoms with Gasteiger partial charge in [-0.25, -0.2) is 0 Å². The quantitative estimate of drug-likeness (QED) is 0.666. The molecule has 29 heavy (non-hydrogen) atoms. The van der Waals surface area contributed by atoms with Crippen LogP contribution in [0, 0.1) is 22.7 Å². The Balaban J connectivity index is 2.13. The number of nitrogens with one attached hydrogen (secondary N) is 1. The monoisotopic (exact) mass is 406 g/mol. The molecule has 0 amide bonds. The molecule has 3 rings (SSSR count). The number of H-pyrrole nitrogens is 1. The average Bonchev–Trinajstić information content (AvgIpc) is 2.72. The number of nitrogens with two attached hydrogens (primary N) is 1. The molecule has 0 atom stereocenters. The minimum absolute atomic E-state index is 0.0327. The van der Waals surface area contributed by atoms with Crippen molar-refractivity contribution in [2.45, 2.75) is 6.61 Å². The second-order valence-corrected chi connectivity index (χ2v) is 6.43. The number of nitrogens with zero attached hydrogens (tertiary/aromatic N) is 2. The maximum atomic E-state index is 12.2. The highest BCUT2D eigenvalue weighted by Crippen LogP contribution is 2.37. The van der Waals surface area contributed by atoms with E-state index in [0.717, 1.165) is 5.56 Å². The molecular weight excluding hydrogens is 392 g/mol. The highest BCUT2D eigenvalue weighted by atomic mass is 35.5. The predicted molar refractivity (Wildman–Crippen MR) is 109 cm³/mol. The zero-order valence-corrected chi connectivity index (χ0v) is 16.1. The number of methoxy groups -OCH3 is 1. The Bertz CT molecular complexity index is 1220. The molecule has 3 aromatic rings. The first kappa shape index (κ1) is 19.8. The Morgan fingerprint density at radius 3 is 2.59 bits per heavy atom. The van der Waals surface area contributed by atoms with E-state index in [0.29, 0.717) is 22.1 Å². The summed E-state index contributed by atoms with van der Waals surface area (Å²) in [6, 6.07) is 15.9. The molecule has 1 aromatic heterocycles. The van der Waals surface area contributed by atoms with Crippen LogP contribution >= 0.6 is 11.6 Å². The van der Waals surface area contributed by atoms with Crippen LogP contribution in [0.25, 0.3) is 11.1 Å². The maximum Gasteiger partial charge on any atom is 0.268 e. The molecule has 0 bridgehead atoms. The van der Waals surface area contributed by atoms with Gasteiger partial charge in [0.05, 0.1) is 7.11 Å². The molecule has 7 nitrogen and oxygen atoms in total. The predicted octanol–water partition coefficient (Wildman–Crippen LogP) is 3.61. The van der Waals surface area contributed by atoms with Gasteiger partial charge in [0.1, 0.15) is 47.2 Å². The molecule has 0 saturated carbocycles. The molecule has 3 N–H and O–H groups in total. The first-order chi connectivity index (χ1) is 14.0. The van der Waals surface area contributed by atoms with Gasteiger partial charge in [-0.3, -0.25) is 4.79 Å². The van der Waals surface area contributed by atoms with E-state index in [-0.39, 0.29) is 29.1 Å². The topological polar surface area (TPSA) is 125 Å². The second-order valence-electron chi connectivity index (χ2n) is 6.00. The number of aromatic amines is 1. The van der Waals surface area contributed by atoms with E-state index >= 15 is 0 Å². The van der Waals surface area contributed by atoms with E-state index in [4.69, 9.17) is 26.8 Å². The third kappa shape index (κ3) is 4.01. The Labute approximate surface area is 171 Å². The maximum absolute atomic E-state index is 12.2. The Morgan fingerprint density at radius 2 is 1.90 bits per heavy atom. The third-order valence-corrected chi connectivity index (χ3v) is 4.44. The molecule has 0 fully saturated rings. The summed E-state index contributed by atoms with van der Waals surface area (Å²) < 4.78 is 11.1. The lowest BCUT2D eigenvalue weighted by Crippen LogP contribution is -2.16. The largest absolute Gasteiger partial charge is 0.497 e. The van der Waals surface area contributed by atoms with Crippen molar-refractivity contribution < 1.29 is 9.47 Å². The van der Waals surface area contributed by atoms with Gasteiger partial charge in [-0.15, -0.1) is 0 Å². The Morgan fingerprint density at radius 1 is 1.14 bits per heavy atom. The van der Waals surface area contributed by atoms with Gasteiger partial charge in [-0.05, 0) is 35.9 Å². The first-order valence-electron chi connectivity index (χ1n) is 8.40. The van der Waals surface area contributed by atoms with Crippen molar-refractivity contribution in [1.29, 1.82) is 10.5 Å². The number of nitriles is 2. The molecule has 2 aromatic carbocycles. The van der Waals surface area contributed by atoms with Gasteiger partial charge in [0.25, 0.3) is 5.56 Å². The van der Waals surface area contributed by atoms with Gasteiger partial charge in [0.15, 0.2) is 0 Å². The van der Waals surface area contributed by atoms with Crippen LogP contribution in [-0.4, -0.2) is 12.1 Å². The normalized spacial score (nSPS) is 10.1. The number of nitrogen functional groups attached to an aromatic ring is 1. The summed E-state index contributed by atoms with van der Waals surface area (Å²) in [4.78, 5) is 14.5. The van der Waals surface area contributed by atoms with Gasteiger partial charge in [0, 0.05) is 16.1 Å². The summed E-state index contributed by atoms with van der Waals surface area (Å²) in [6.45, 7) is 0.189. The number of aromatic nitrogens is 1. The van der Waals surface area contributed by atoms with E-state index in [2.05, 4.69) is 4.98 Å². The van der Waals surface area contributed by atoms with Gasteiger partial charge in [0.2, 0.25) is 0 Å². The van der Waals surface area contributed by atoms with Crippen LogP contribution in [0.1, 0.15) is 16.7 Å². The Kier molecular flexibility index (Phi) is 5.73. The van der Waals surface area contributed by atoms with Crippen LogP contribution < -0.4 is 20.8 Å². The highest BCUT2D eigenvalue weighted by Gasteiger charge is 2.21. The molecule has 1 heterocycles. The molecular formula is C21H15ClN4O3. The van der Waals surface area contributed by atoms with Crippen molar-refractivity contribution in [3.05, 3.63) is 74.5 Å². The molecule has 0 aliphatic heterocycles. The summed E-state index contributed by atoms with van der Waals surface area (Å²) in [5, 5.41) is 19.4. The molecule has 0 aliphatic rings. The average molecular weight is 407 g/mol. The number of anilines is 1. The third-order valence-electron chi connectivity index (χ3n) is 4.21. The second kappa shape index (κ2) is 8.39. The van der Waals surface area contributed by atoms with E-state index in [1.54, 1.807) is 19.2 Å².